The Labute approximate surface area is 117 Å². The molecule has 2 rings (SSSR count). The number of hydrogen-bond acceptors (Lipinski definition) is 2. The molecule has 0 spiro atoms. The van der Waals surface area contributed by atoms with Gasteiger partial charge in [-0.1, -0.05) is 6.07 Å². The summed E-state index contributed by atoms with van der Waals surface area (Å²) in [5.74, 6) is 0. The maximum atomic E-state index is 6.08. The van der Waals surface area contributed by atoms with Gasteiger partial charge in [-0.2, -0.15) is 0 Å². The molecule has 0 bridgehead atoms. The highest BCUT2D eigenvalue weighted by Gasteiger charge is 2.40. The fourth-order valence-electron chi connectivity index (χ4n) is 3.46. The molecule has 0 saturated carbocycles. The molecule has 1 fully saturated rings. The molecular formula is C17H27NO. The van der Waals surface area contributed by atoms with Crippen LogP contribution in [-0.2, 0) is 4.74 Å². The van der Waals surface area contributed by atoms with E-state index in [-0.39, 0.29) is 11.6 Å². The van der Waals surface area contributed by atoms with E-state index in [1.54, 1.807) is 0 Å². The lowest BCUT2D eigenvalue weighted by atomic mass is 9.81. The Kier molecular flexibility index (Phi) is 4.03. The Balaban J connectivity index is 2.55. The van der Waals surface area contributed by atoms with Crippen molar-refractivity contribution < 1.29 is 4.74 Å². The molecule has 1 aromatic carbocycles. The van der Waals surface area contributed by atoms with E-state index >= 15 is 0 Å². The second-order valence-electron chi connectivity index (χ2n) is 6.16. The lowest BCUT2D eigenvalue weighted by molar-refractivity contribution is -0.0108. The van der Waals surface area contributed by atoms with Crippen LogP contribution in [0, 0.1) is 27.7 Å². The van der Waals surface area contributed by atoms with Crippen LogP contribution in [-0.4, -0.2) is 19.3 Å². The van der Waals surface area contributed by atoms with Gasteiger partial charge < -0.3 is 10.1 Å². The SMILES string of the molecule is CNC(c1c(C)c(C)cc(C)c1C)C1(C)CCCO1. The van der Waals surface area contributed by atoms with Gasteiger partial charge in [0, 0.05) is 6.61 Å². The van der Waals surface area contributed by atoms with E-state index in [4.69, 9.17) is 4.74 Å². The molecule has 0 amide bonds. The van der Waals surface area contributed by atoms with Gasteiger partial charge in [-0.3, -0.25) is 0 Å². The van der Waals surface area contributed by atoms with Gasteiger partial charge in [-0.05, 0) is 82.3 Å². The topological polar surface area (TPSA) is 21.3 Å². The van der Waals surface area contributed by atoms with E-state index in [0.29, 0.717) is 0 Å². The summed E-state index contributed by atoms with van der Waals surface area (Å²) in [4.78, 5) is 0. The molecule has 1 N–H and O–H groups in total. The van der Waals surface area contributed by atoms with Crippen LogP contribution < -0.4 is 5.32 Å². The number of hydrogen-bond donors (Lipinski definition) is 1. The van der Waals surface area contributed by atoms with Crippen LogP contribution in [0.25, 0.3) is 0 Å². The average molecular weight is 261 g/mol. The Bertz CT molecular complexity index is 446. The molecule has 106 valence electrons. The highest BCUT2D eigenvalue weighted by atomic mass is 16.5. The predicted octanol–water partition coefficient (Wildman–Crippen LogP) is 3.75. The van der Waals surface area contributed by atoms with Gasteiger partial charge in [-0.15, -0.1) is 0 Å². The first-order valence-corrected chi connectivity index (χ1v) is 7.29. The smallest absolute Gasteiger partial charge is 0.0849 e. The van der Waals surface area contributed by atoms with E-state index in [1.165, 1.54) is 27.8 Å². The number of ether oxygens (including phenoxy) is 1. The van der Waals surface area contributed by atoms with Crippen LogP contribution in [0.3, 0.4) is 0 Å². The molecule has 0 aromatic heterocycles. The van der Waals surface area contributed by atoms with Crippen molar-refractivity contribution in [3.8, 4) is 0 Å². The number of likely N-dealkylation sites (N-methyl/N-ethyl adjacent to an activating group) is 1. The third kappa shape index (κ3) is 2.44. The monoisotopic (exact) mass is 261 g/mol. The zero-order valence-electron chi connectivity index (χ0n) is 13.2. The predicted molar refractivity (Wildman–Crippen MR) is 80.8 cm³/mol. The van der Waals surface area contributed by atoms with Gasteiger partial charge in [0.15, 0.2) is 0 Å². The Morgan fingerprint density at radius 3 is 2.16 bits per heavy atom. The molecule has 2 unspecified atom stereocenters. The molecule has 1 aromatic rings. The molecular weight excluding hydrogens is 234 g/mol. The highest BCUT2D eigenvalue weighted by Crippen LogP contribution is 2.40. The summed E-state index contributed by atoms with van der Waals surface area (Å²) in [5.41, 5.74) is 6.91. The number of nitrogens with one attached hydrogen (secondary N) is 1. The van der Waals surface area contributed by atoms with Crippen LogP contribution in [0.4, 0.5) is 0 Å². The Morgan fingerprint density at radius 2 is 1.74 bits per heavy atom. The summed E-state index contributed by atoms with van der Waals surface area (Å²) in [6.45, 7) is 12.0. The minimum Gasteiger partial charge on any atom is -0.373 e. The third-order valence-corrected chi connectivity index (χ3v) is 4.86. The summed E-state index contributed by atoms with van der Waals surface area (Å²) in [7, 11) is 2.05. The molecule has 2 atom stereocenters. The normalized spacial score (nSPS) is 24.7. The summed E-state index contributed by atoms with van der Waals surface area (Å²) in [6, 6.07) is 2.56. The first kappa shape index (κ1) is 14.5. The van der Waals surface area contributed by atoms with Crippen molar-refractivity contribution in [3.63, 3.8) is 0 Å². The van der Waals surface area contributed by atoms with E-state index in [9.17, 15) is 0 Å². The Hall–Kier alpha value is -0.860. The standard InChI is InChI=1S/C17H27NO/c1-11-10-12(2)14(4)15(13(11)3)16(18-6)17(5)8-7-9-19-17/h10,16,18H,7-9H2,1-6H3. The first-order chi connectivity index (χ1) is 8.90. The summed E-state index contributed by atoms with van der Waals surface area (Å²) in [6.07, 6.45) is 2.29. The molecule has 0 aliphatic carbocycles. The molecule has 2 nitrogen and oxygen atoms in total. The van der Waals surface area contributed by atoms with Crippen molar-refractivity contribution >= 4 is 0 Å². The molecule has 0 radical (unpaired) electrons. The summed E-state index contributed by atoms with van der Waals surface area (Å²) >= 11 is 0. The second kappa shape index (κ2) is 5.26. The lowest BCUT2D eigenvalue weighted by Crippen LogP contribution is -2.40. The van der Waals surface area contributed by atoms with E-state index < -0.39 is 0 Å². The first-order valence-electron chi connectivity index (χ1n) is 7.29. The summed E-state index contributed by atoms with van der Waals surface area (Å²) < 4.78 is 6.08. The van der Waals surface area contributed by atoms with Crippen LogP contribution in [0.2, 0.25) is 0 Å². The quantitative estimate of drug-likeness (QED) is 0.894. The van der Waals surface area contributed by atoms with Gasteiger partial charge in [0.05, 0.1) is 11.6 Å². The van der Waals surface area contributed by atoms with E-state index in [0.717, 1.165) is 19.4 Å². The van der Waals surface area contributed by atoms with Crippen LogP contribution in [0.5, 0.6) is 0 Å². The number of rotatable bonds is 3. The molecule has 1 aliphatic heterocycles. The Morgan fingerprint density at radius 1 is 1.16 bits per heavy atom. The molecule has 2 heteroatoms. The van der Waals surface area contributed by atoms with Gasteiger partial charge in [-0.25, -0.2) is 0 Å². The van der Waals surface area contributed by atoms with Crippen molar-refractivity contribution in [1.82, 2.24) is 5.32 Å². The van der Waals surface area contributed by atoms with E-state index in [2.05, 4.69) is 46.0 Å². The van der Waals surface area contributed by atoms with Gasteiger partial charge in [0.1, 0.15) is 0 Å². The van der Waals surface area contributed by atoms with Crippen molar-refractivity contribution in [2.45, 2.75) is 59.1 Å². The zero-order valence-corrected chi connectivity index (χ0v) is 13.2. The minimum absolute atomic E-state index is 0.0789. The van der Waals surface area contributed by atoms with Crippen molar-refractivity contribution in [1.29, 1.82) is 0 Å². The maximum absolute atomic E-state index is 6.08. The van der Waals surface area contributed by atoms with Gasteiger partial charge in [0.25, 0.3) is 0 Å². The largest absolute Gasteiger partial charge is 0.373 e. The maximum Gasteiger partial charge on any atom is 0.0849 e. The minimum atomic E-state index is -0.0789. The zero-order chi connectivity index (χ0) is 14.2. The fraction of sp³-hybridized carbons (Fsp3) is 0.647. The van der Waals surface area contributed by atoms with Crippen molar-refractivity contribution in [2.24, 2.45) is 0 Å². The van der Waals surface area contributed by atoms with Crippen LogP contribution in [0.15, 0.2) is 6.07 Å². The second-order valence-corrected chi connectivity index (χ2v) is 6.16. The van der Waals surface area contributed by atoms with Crippen molar-refractivity contribution in [2.75, 3.05) is 13.7 Å². The molecule has 1 heterocycles. The van der Waals surface area contributed by atoms with Gasteiger partial charge in [0.2, 0.25) is 0 Å². The third-order valence-electron chi connectivity index (χ3n) is 4.86. The lowest BCUT2D eigenvalue weighted by Gasteiger charge is -2.36. The molecule has 19 heavy (non-hydrogen) atoms. The van der Waals surface area contributed by atoms with Crippen LogP contribution in [0.1, 0.15) is 53.6 Å². The van der Waals surface area contributed by atoms with Crippen molar-refractivity contribution in [3.05, 3.63) is 33.9 Å². The average Bonchev–Trinajstić information content (AvgIpc) is 2.80. The van der Waals surface area contributed by atoms with Crippen LogP contribution >= 0.6 is 0 Å². The molecule has 1 saturated heterocycles. The number of benzene rings is 1. The van der Waals surface area contributed by atoms with E-state index in [1.807, 2.05) is 7.05 Å². The summed E-state index contributed by atoms with van der Waals surface area (Å²) in [5, 5.41) is 3.51. The fourth-order valence-corrected chi connectivity index (χ4v) is 3.46. The van der Waals surface area contributed by atoms with Gasteiger partial charge >= 0.3 is 0 Å². The molecule has 1 aliphatic rings. The highest BCUT2D eigenvalue weighted by molar-refractivity contribution is 5.46. The number of aryl methyl sites for hydroxylation is 2.